The zero-order valence-electron chi connectivity index (χ0n) is 9.22. The van der Waals surface area contributed by atoms with Gasteiger partial charge < -0.3 is 5.32 Å². The molecule has 16 heavy (non-hydrogen) atoms. The Kier molecular flexibility index (Phi) is 2.38. The van der Waals surface area contributed by atoms with Gasteiger partial charge >= 0.3 is 0 Å². The van der Waals surface area contributed by atoms with Gasteiger partial charge in [0, 0.05) is 12.5 Å². The lowest BCUT2D eigenvalue weighted by atomic mass is 10.4. The summed E-state index contributed by atoms with van der Waals surface area (Å²) in [5, 5.41) is 7.22. The van der Waals surface area contributed by atoms with Gasteiger partial charge in [0.15, 0.2) is 5.82 Å². The van der Waals surface area contributed by atoms with Crippen LogP contribution in [0.4, 0.5) is 0 Å². The Labute approximate surface area is 94.2 Å². The summed E-state index contributed by atoms with van der Waals surface area (Å²) in [6.07, 6.45) is 6.56. The van der Waals surface area contributed by atoms with Crippen LogP contribution in [0.2, 0.25) is 0 Å². The first-order valence-electron chi connectivity index (χ1n) is 5.97. The van der Waals surface area contributed by atoms with E-state index in [9.17, 15) is 4.79 Å². The molecule has 2 aliphatic rings. The summed E-state index contributed by atoms with van der Waals surface area (Å²) in [6, 6.07) is 0. The second kappa shape index (κ2) is 3.88. The van der Waals surface area contributed by atoms with Crippen molar-refractivity contribution < 1.29 is 4.79 Å². The summed E-state index contributed by atoms with van der Waals surface area (Å²) in [5.74, 6) is 2.21. The molecule has 2 saturated carbocycles. The monoisotopic (exact) mass is 220 g/mol. The molecular formula is C11H16N4O. The first kappa shape index (κ1) is 9.81. The van der Waals surface area contributed by atoms with E-state index in [2.05, 4.69) is 15.4 Å². The highest BCUT2D eigenvalue weighted by Crippen LogP contribution is 2.37. The van der Waals surface area contributed by atoms with Crippen molar-refractivity contribution in [2.75, 3.05) is 6.54 Å². The zero-order valence-corrected chi connectivity index (χ0v) is 9.22. The third-order valence-electron chi connectivity index (χ3n) is 3.09. The SMILES string of the molecule is O=C(Cn1cnc(C2CC2)n1)NCC1CC1. The van der Waals surface area contributed by atoms with Crippen LogP contribution in [-0.4, -0.2) is 27.2 Å². The molecular weight excluding hydrogens is 204 g/mol. The van der Waals surface area contributed by atoms with Gasteiger partial charge in [-0.25, -0.2) is 9.67 Å². The van der Waals surface area contributed by atoms with Crippen LogP contribution in [0.15, 0.2) is 6.33 Å². The molecule has 2 fully saturated rings. The lowest BCUT2D eigenvalue weighted by Crippen LogP contribution is -2.29. The van der Waals surface area contributed by atoms with Gasteiger partial charge in [-0.1, -0.05) is 0 Å². The molecule has 0 aromatic carbocycles. The van der Waals surface area contributed by atoms with Gasteiger partial charge in [0.05, 0.1) is 0 Å². The number of amides is 1. The molecule has 2 aliphatic carbocycles. The first-order chi connectivity index (χ1) is 7.81. The predicted molar refractivity (Wildman–Crippen MR) is 57.7 cm³/mol. The molecule has 0 bridgehead atoms. The normalized spacial score (nSPS) is 19.8. The van der Waals surface area contributed by atoms with Crippen LogP contribution in [-0.2, 0) is 11.3 Å². The topological polar surface area (TPSA) is 59.8 Å². The summed E-state index contributed by atoms with van der Waals surface area (Å²) < 4.78 is 1.63. The van der Waals surface area contributed by atoms with Crippen LogP contribution in [0, 0.1) is 5.92 Å². The molecule has 5 nitrogen and oxygen atoms in total. The Hall–Kier alpha value is -1.39. The fourth-order valence-electron chi connectivity index (χ4n) is 1.70. The average molecular weight is 220 g/mol. The summed E-state index contributed by atoms with van der Waals surface area (Å²) in [4.78, 5) is 15.8. The van der Waals surface area contributed by atoms with E-state index in [-0.39, 0.29) is 5.91 Å². The highest BCUT2D eigenvalue weighted by molar-refractivity contribution is 5.75. The van der Waals surface area contributed by atoms with Crippen LogP contribution in [0.3, 0.4) is 0 Å². The molecule has 0 saturated heterocycles. The summed E-state index contributed by atoms with van der Waals surface area (Å²) in [7, 11) is 0. The molecule has 1 aromatic rings. The maximum Gasteiger partial charge on any atom is 0.241 e. The average Bonchev–Trinajstić information content (AvgIpc) is 3.17. The molecule has 0 atom stereocenters. The van der Waals surface area contributed by atoms with Gasteiger partial charge in [-0.2, -0.15) is 5.10 Å². The van der Waals surface area contributed by atoms with E-state index in [1.165, 1.54) is 25.7 Å². The third kappa shape index (κ3) is 2.40. The lowest BCUT2D eigenvalue weighted by molar-refractivity contribution is -0.121. The molecule has 1 amide bonds. The molecule has 0 radical (unpaired) electrons. The van der Waals surface area contributed by atoms with Crippen molar-refractivity contribution >= 4 is 5.91 Å². The van der Waals surface area contributed by atoms with Crippen LogP contribution < -0.4 is 5.32 Å². The Balaban J connectivity index is 1.49. The quantitative estimate of drug-likeness (QED) is 0.794. The number of rotatable bonds is 5. The van der Waals surface area contributed by atoms with Crippen molar-refractivity contribution in [3.63, 3.8) is 0 Å². The highest BCUT2D eigenvalue weighted by atomic mass is 16.2. The Morgan fingerprint density at radius 2 is 2.25 bits per heavy atom. The second-order valence-corrected chi connectivity index (χ2v) is 4.82. The molecule has 0 unspecified atom stereocenters. The van der Waals surface area contributed by atoms with Crippen LogP contribution in [0.5, 0.6) is 0 Å². The number of hydrogen-bond donors (Lipinski definition) is 1. The molecule has 3 rings (SSSR count). The van der Waals surface area contributed by atoms with E-state index in [1.807, 2.05) is 0 Å². The van der Waals surface area contributed by atoms with Crippen molar-refractivity contribution in [3.8, 4) is 0 Å². The Morgan fingerprint density at radius 1 is 1.44 bits per heavy atom. The number of carbonyl (C=O) groups excluding carboxylic acids is 1. The largest absolute Gasteiger partial charge is 0.354 e. The maximum atomic E-state index is 11.5. The van der Waals surface area contributed by atoms with Crippen molar-refractivity contribution in [1.29, 1.82) is 0 Å². The predicted octanol–water partition coefficient (Wildman–Crippen LogP) is 0.682. The summed E-state index contributed by atoms with van der Waals surface area (Å²) in [5.41, 5.74) is 0. The molecule has 0 aliphatic heterocycles. The van der Waals surface area contributed by atoms with Gasteiger partial charge in [0.25, 0.3) is 0 Å². The molecule has 1 N–H and O–H groups in total. The number of hydrogen-bond acceptors (Lipinski definition) is 3. The summed E-state index contributed by atoms with van der Waals surface area (Å²) in [6.45, 7) is 1.12. The minimum Gasteiger partial charge on any atom is -0.354 e. The van der Waals surface area contributed by atoms with E-state index < -0.39 is 0 Å². The first-order valence-corrected chi connectivity index (χ1v) is 5.97. The fraction of sp³-hybridized carbons (Fsp3) is 0.727. The van der Waals surface area contributed by atoms with Gasteiger partial charge in [-0.3, -0.25) is 4.79 Å². The van der Waals surface area contributed by atoms with Crippen LogP contribution >= 0.6 is 0 Å². The lowest BCUT2D eigenvalue weighted by Gasteiger charge is -2.03. The molecule has 0 spiro atoms. The van der Waals surface area contributed by atoms with Crippen molar-refractivity contribution in [2.45, 2.75) is 38.1 Å². The molecule has 1 heterocycles. The number of aromatic nitrogens is 3. The van der Waals surface area contributed by atoms with Crippen molar-refractivity contribution in [1.82, 2.24) is 20.1 Å². The Bertz CT molecular complexity index is 392. The van der Waals surface area contributed by atoms with E-state index in [0.29, 0.717) is 12.5 Å². The van der Waals surface area contributed by atoms with Crippen LogP contribution in [0.1, 0.15) is 37.4 Å². The Morgan fingerprint density at radius 3 is 2.94 bits per heavy atom. The van der Waals surface area contributed by atoms with Crippen molar-refractivity contribution in [3.05, 3.63) is 12.2 Å². The van der Waals surface area contributed by atoms with E-state index in [1.54, 1.807) is 11.0 Å². The van der Waals surface area contributed by atoms with Crippen molar-refractivity contribution in [2.24, 2.45) is 5.92 Å². The second-order valence-electron chi connectivity index (χ2n) is 4.82. The van der Waals surface area contributed by atoms with E-state index in [4.69, 9.17) is 0 Å². The van der Waals surface area contributed by atoms with Gasteiger partial charge in [0.1, 0.15) is 12.9 Å². The smallest absolute Gasteiger partial charge is 0.241 e. The van der Waals surface area contributed by atoms with Gasteiger partial charge in [-0.05, 0) is 31.6 Å². The minimum atomic E-state index is 0.0409. The molecule has 86 valence electrons. The summed E-state index contributed by atoms with van der Waals surface area (Å²) >= 11 is 0. The van der Waals surface area contributed by atoms with E-state index in [0.717, 1.165) is 18.3 Å². The maximum absolute atomic E-state index is 11.5. The fourth-order valence-corrected chi connectivity index (χ4v) is 1.70. The standard InChI is InChI=1S/C11H16N4O/c16-10(12-5-8-1-2-8)6-15-7-13-11(14-15)9-3-4-9/h7-9H,1-6H2,(H,12,16). The van der Waals surface area contributed by atoms with Gasteiger partial charge in [-0.15, -0.1) is 0 Å². The van der Waals surface area contributed by atoms with Gasteiger partial charge in [0.2, 0.25) is 5.91 Å². The van der Waals surface area contributed by atoms with Crippen LogP contribution in [0.25, 0.3) is 0 Å². The number of nitrogens with one attached hydrogen (secondary N) is 1. The van der Waals surface area contributed by atoms with E-state index >= 15 is 0 Å². The number of nitrogens with zero attached hydrogens (tertiary/aromatic N) is 3. The molecule has 1 aromatic heterocycles. The number of carbonyl (C=O) groups is 1. The molecule has 5 heteroatoms. The minimum absolute atomic E-state index is 0.0409. The zero-order chi connectivity index (χ0) is 11.0. The highest BCUT2D eigenvalue weighted by Gasteiger charge is 2.27. The third-order valence-corrected chi connectivity index (χ3v) is 3.09.